The first kappa shape index (κ1) is 13.9. The zero-order chi connectivity index (χ0) is 14.5. The van der Waals surface area contributed by atoms with Gasteiger partial charge >= 0.3 is 0 Å². The van der Waals surface area contributed by atoms with Gasteiger partial charge in [-0.3, -0.25) is 4.79 Å². The van der Waals surface area contributed by atoms with E-state index in [0.717, 1.165) is 10.8 Å². The quantitative estimate of drug-likeness (QED) is 0.515. The van der Waals surface area contributed by atoms with Gasteiger partial charge in [0.15, 0.2) is 11.5 Å². The molecular weight excluding hydrogens is 258 g/mol. The van der Waals surface area contributed by atoms with Crippen molar-refractivity contribution in [3.63, 3.8) is 0 Å². The van der Waals surface area contributed by atoms with Crippen LogP contribution in [0.3, 0.4) is 0 Å². The third-order valence-corrected chi connectivity index (χ3v) is 2.90. The molecule has 0 aliphatic rings. The number of benzene rings is 2. The second kappa shape index (κ2) is 6.08. The van der Waals surface area contributed by atoms with E-state index in [9.17, 15) is 14.8 Å². The summed E-state index contributed by atoms with van der Waals surface area (Å²) in [6.45, 7) is -0.310. The molecule has 1 N–H and O–H groups in total. The highest BCUT2D eigenvalue weighted by Gasteiger charge is 2.18. The molecule has 0 fully saturated rings. The second-order valence-electron chi connectivity index (χ2n) is 4.17. The summed E-state index contributed by atoms with van der Waals surface area (Å²) in [5.41, 5.74) is -0.134. The van der Waals surface area contributed by atoms with Gasteiger partial charge in [-0.15, -0.1) is 4.91 Å². The molecule has 0 unspecified atom stereocenters. The van der Waals surface area contributed by atoms with E-state index >= 15 is 0 Å². The Labute approximate surface area is 115 Å². The minimum Gasteiger partial charge on any atom is -0.505 e. The topological polar surface area (TPSA) is 76.0 Å². The molecule has 0 aromatic heterocycles. The second-order valence-corrected chi connectivity index (χ2v) is 4.17. The number of fused-ring (bicyclic) bond motifs is 1. The van der Waals surface area contributed by atoms with E-state index in [-0.39, 0.29) is 6.61 Å². The van der Waals surface area contributed by atoms with Crippen molar-refractivity contribution in [1.82, 2.24) is 0 Å². The highest BCUT2D eigenvalue weighted by molar-refractivity contribution is 6.04. The molecule has 0 radical (unpaired) electrons. The molecule has 2 aromatic carbocycles. The molecule has 102 valence electrons. The van der Waals surface area contributed by atoms with E-state index in [1.165, 1.54) is 7.11 Å². The van der Waals surface area contributed by atoms with Gasteiger partial charge in [-0.25, -0.2) is 0 Å². The minimum atomic E-state index is -0.659. The molecule has 2 aromatic rings. The zero-order valence-electron chi connectivity index (χ0n) is 10.9. The number of Topliss-reactive ketones (excluding diaryl/α,β-unsaturated/α-hetero) is 1. The predicted molar refractivity (Wildman–Crippen MR) is 76.2 cm³/mol. The molecule has 20 heavy (non-hydrogen) atoms. The first-order chi connectivity index (χ1) is 9.69. The maximum Gasteiger partial charge on any atom is 0.214 e. The van der Waals surface area contributed by atoms with Crippen LogP contribution in [0.5, 0.6) is 0 Å². The molecule has 0 spiro atoms. The Morgan fingerprint density at radius 2 is 1.90 bits per heavy atom. The number of aliphatic hydroxyl groups excluding tert-OH is 1. The summed E-state index contributed by atoms with van der Waals surface area (Å²) in [4.78, 5) is 22.5. The summed E-state index contributed by atoms with van der Waals surface area (Å²) in [6, 6.07) is 12.6. The maximum atomic E-state index is 11.7. The average molecular weight is 271 g/mol. The van der Waals surface area contributed by atoms with Crippen LogP contribution in [-0.4, -0.2) is 24.6 Å². The van der Waals surface area contributed by atoms with Crippen LogP contribution in [0.2, 0.25) is 0 Å². The molecule has 0 atom stereocenters. The number of hydrogen-bond acceptors (Lipinski definition) is 5. The molecular formula is C15H13NO4. The number of rotatable bonds is 5. The lowest BCUT2D eigenvalue weighted by Crippen LogP contribution is -2.10. The van der Waals surface area contributed by atoms with Crippen molar-refractivity contribution < 1.29 is 14.6 Å². The Bertz CT molecular complexity index is 686. The van der Waals surface area contributed by atoms with Crippen LogP contribution in [0.4, 0.5) is 0 Å². The first-order valence-electron chi connectivity index (χ1n) is 5.96. The predicted octanol–water partition coefficient (Wildman–Crippen LogP) is 3.05. The highest BCUT2D eigenvalue weighted by atomic mass is 16.5. The molecule has 0 heterocycles. The van der Waals surface area contributed by atoms with Crippen LogP contribution in [0.15, 0.2) is 53.3 Å². The van der Waals surface area contributed by atoms with Crippen LogP contribution in [0.25, 0.3) is 16.5 Å². The zero-order valence-corrected chi connectivity index (χ0v) is 10.9. The molecule has 0 aliphatic carbocycles. The van der Waals surface area contributed by atoms with Crippen LogP contribution >= 0.6 is 0 Å². The number of ether oxygens (including phenoxy) is 1. The van der Waals surface area contributed by atoms with Gasteiger partial charge in [-0.1, -0.05) is 42.5 Å². The van der Waals surface area contributed by atoms with E-state index in [0.29, 0.717) is 5.56 Å². The van der Waals surface area contributed by atoms with E-state index in [2.05, 4.69) is 9.91 Å². The maximum absolute atomic E-state index is 11.7. The Morgan fingerprint density at radius 3 is 2.60 bits per heavy atom. The Hall–Kier alpha value is -2.53. The summed E-state index contributed by atoms with van der Waals surface area (Å²) >= 11 is 0. The lowest BCUT2D eigenvalue weighted by molar-refractivity contribution is -0.119. The van der Waals surface area contributed by atoms with Crippen molar-refractivity contribution in [2.75, 3.05) is 13.7 Å². The third-order valence-electron chi connectivity index (χ3n) is 2.90. The Kier molecular flexibility index (Phi) is 4.22. The van der Waals surface area contributed by atoms with Crippen LogP contribution in [-0.2, 0) is 9.53 Å². The van der Waals surface area contributed by atoms with Crippen molar-refractivity contribution in [3.8, 4) is 0 Å². The van der Waals surface area contributed by atoms with Crippen LogP contribution in [0, 0.1) is 4.91 Å². The van der Waals surface area contributed by atoms with Gasteiger partial charge in [0.05, 0.1) is 0 Å². The molecule has 5 heteroatoms. The summed E-state index contributed by atoms with van der Waals surface area (Å²) < 4.78 is 4.67. The standard InChI is InChI=1S/C15H13NO4/c1-20-9-13(17)14(16-19)15(18)12-8-4-6-10-5-2-3-7-11(10)12/h2-8,18H,9H2,1H3/b15-14+. The summed E-state index contributed by atoms with van der Waals surface area (Å²) in [5.74, 6) is -1.09. The summed E-state index contributed by atoms with van der Waals surface area (Å²) in [5, 5.41) is 14.4. The van der Waals surface area contributed by atoms with E-state index in [1.54, 1.807) is 18.2 Å². The molecule has 0 bridgehead atoms. The number of hydrogen-bond donors (Lipinski definition) is 1. The number of nitroso groups, excluding NO2 is 1. The van der Waals surface area contributed by atoms with Crippen LogP contribution in [0.1, 0.15) is 5.56 Å². The molecule has 0 saturated carbocycles. The summed E-state index contributed by atoms with van der Waals surface area (Å²) in [7, 11) is 1.33. The van der Waals surface area contributed by atoms with Crippen molar-refractivity contribution in [2.45, 2.75) is 0 Å². The number of carbonyl (C=O) groups excluding carboxylic acids is 1. The Balaban J connectivity index is 2.62. The van der Waals surface area contributed by atoms with E-state index in [4.69, 9.17) is 0 Å². The fraction of sp³-hybridized carbons (Fsp3) is 0.133. The average Bonchev–Trinajstić information content (AvgIpc) is 2.47. The van der Waals surface area contributed by atoms with E-state index in [1.807, 2.05) is 24.3 Å². The smallest absolute Gasteiger partial charge is 0.214 e. The molecule has 0 aliphatic heterocycles. The fourth-order valence-electron chi connectivity index (χ4n) is 1.99. The monoisotopic (exact) mass is 271 g/mol. The van der Waals surface area contributed by atoms with Crippen LogP contribution < -0.4 is 0 Å². The van der Waals surface area contributed by atoms with Gasteiger partial charge in [-0.05, 0) is 15.9 Å². The van der Waals surface area contributed by atoms with Crippen molar-refractivity contribution in [1.29, 1.82) is 0 Å². The number of methoxy groups -OCH3 is 1. The largest absolute Gasteiger partial charge is 0.505 e. The Morgan fingerprint density at radius 1 is 1.20 bits per heavy atom. The molecule has 0 saturated heterocycles. The van der Waals surface area contributed by atoms with Crippen molar-refractivity contribution in [3.05, 3.63) is 58.6 Å². The number of ketones is 1. The fourth-order valence-corrected chi connectivity index (χ4v) is 1.99. The van der Waals surface area contributed by atoms with Gasteiger partial charge in [0, 0.05) is 12.7 Å². The summed E-state index contributed by atoms with van der Waals surface area (Å²) in [6.07, 6.45) is 0. The highest BCUT2D eigenvalue weighted by Crippen LogP contribution is 2.26. The lowest BCUT2D eigenvalue weighted by atomic mass is 10.0. The van der Waals surface area contributed by atoms with Gasteiger partial charge in [-0.2, -0.15) is 0 Å². The lowest BCUT2D eigenvalue weighted by Gasteiger charge is -2.07. The normalized spacial score (nSPS) is 12.1. The molecule has 2 rings (SSSR count). The number of carbonyl (C=O) groups is 1. The number of nitrogens with zero attached hydrogens (tertiary/aromatic N) is 1. The van der Waals surface area contributed by atoms with E-state index < -0.39 is 17.2 Å². The van der Waals surface area contributed by atoms with Crippen molar-refractivity contribution in [2.24, 2.45) is 5.18 Å². The number of aliphatic hydroxyl groups is 1. The van der Waals surface area contributed by atoms with Gasteiger partial charge in [0.2, 0.25) is 5.78 Å². The van der Waals surface area contributed by atoms with Gasteiger partial charge in [0.25, 0.3) is 0 Å². The van der Waals surface area contributed by atoms with Gasteiger partial charge < -0.3 is 9.84 Å². The van der Waals surface area contributed by atoms with Crippen molar-refractivity contribution >= 4 is 22.3 Å². The molecule has 0 amide bonds. The molecule has 5 nitrogen and oxygen atoms in total. The first-order valence-corrected chi connectivity index (χ1v) is 5.96. The SMILES string of the molecule is COCC(=O)/C(N=O)=C(\O)c1cccc2ccccc12. The minimum absolute atomic E-state index is 0.310. The third kappa shape index (κ3) is 2.57. The van der Waals surface area contributed by atoms with Gasteiger partial charge in [0.1, 0.15) is 6.61 Å².